The summed E-state index contributed by atoms with van der Waals surface area (Å²) in [6.45, 7) is 0.719. The number of benzene rings is 3. The van der Waals surface area contributed by atoms with Gasteiger partial charge < -0.3 is 20.3 Å². The van der Waals surface area contributed by atoms with Crippen molar-refractivity contribution in [1.29, 1.82) is 0 Å². The third-order valence-corrected chi connectivity index (χ3v) is 5.26. The minimum atomic E-state index is -0.730. The maximum absolute atomic E-state index is 13.7. The van der Waals surface area contributed by atoms with E-state index in [1.165, 1.54) is 0 Å². The van der Waals surface area contributed by atoms with E-state index in [1.807, 2.05) is 18.2 Å². The largest absolute Gasteiger partial charge is 0.497 e. The van der Waals surface area contributed by atoms with Gasteiger partial charge in [-0.2, -0.15) is 0 Å². The van der Waals surface area contributed by atoms with Crippen LogP contribution in [0.4, 0.5) is 25.0 Å². The second kappa shape index (κ2) is 9.05. The van der Waals surface area contributed by atoms with Gasteiger partial charge >= 0.3 is 6.03 Å². The Morgan fingerprint density at radius 1 is 1.03 bits per heavy atom. The van der Waals surface area contributed by atoms with E-state index >= 15 is 0 Å². The van der Waals surface area contributed by atoms with Crippen LogP contribution in [0, 0.1) is 11.6 Å². The lowest BCUT2D eigenvalue weighted by Gasteiger charge is -2.18. The van der Waals surface area contributed by atoms with Gasteiger partial charge in [0.2, 0.25) is 0 Å². The molecule has 1 aliphatic rings. The van der Waals surface area contributed by atoms with Crippen molar-refractivity contribution in [2.75, 3.05) is 23.9 Å². The first-order valence-corrected chi connectivity index (χ1v) is 10.0. The van der Waals surface area contributed by atoms with Crippen molar-refractivity contribution in [2.45, 2.75) is 13.0 Å². The first kappa shape index (κ1) is 21.3. The van der Waals surface area contributed by atoms with Crippen LogP contribution < -0.4 is 20.3 Å². The Balaban J connectivity index is 1.43. The second-order valence-corrected chi connectivity index (χ2v) is 7.33. The van der Waals surface area contributed by atoms with Crippen LogP contribution in [0.3, 0.4) is 0 Å². The molecule has 0 spiro atoms. The van der Waals surface area contributed by atoms with E-state index in [2.05, 4.69) is 10.6 Å². The number of hydrogen-bond donors (Lipinski definition) is 2. The Hall–Kier alpha value is -3.94. The number of anilines is 2. The number of nitrogens with zero attached hydrogens (tertiary/aromatic N) is 1. The number of methoxy groups -OCH3 is 1. The summed E-state index contributed by atoms with van der Waals surface area (Å²) in [5.74, 6) is -0.822. The number of carbonyl (C=O) groups is 2. The van der Waals surface area contributed by atoms with Crippen molar-refractivity contribution in [2.24, 2.45) is 0 Å². The molecular formula is C24H21F2N3O3. The zero-order chi connectivity index (χ0) is 22.7. The maximum atomic E-state index is 13.7. The summed E-state index contributed by atoms with van der Waals surface area (Å²) in [6, 6.07) is 14.7. The van der Waals surface area contributed by atoms with Crippen molar-refractivity contribution in [3.8, 4) is 5.75 Å². The normalized spacial score (nSPS) is 12.3. The highest BCUT2D eigenvalue weighted by Gasteiger charge is 2.26. The number of hydrogen-bond acceptors (Lipinski definition) is 3. The first-order chi connectivity index (χ1) is 15.4. The van der Waals surface area contributed by atoms with Crippen molar-refractivity contribution in [1.82, 2.24) is 5.32 Å². The summed E-state index contributed by atoms with van der Waals surface area (Å²) >= 11 is 0. The Labute approximate surface area is 183 Å². The van der Waals surface area contributed by atoms with Gasteiger partial charge in [0.15, 0.2) is 0 Å². The summed E-state index contributed by atoms with van der Waals surface area (Å²) in [7, 11) is 1.57. The van der Waals surface area contributed by atoms with Crippen LogP contribution in [0.1, 0.15) is 21.5 Å². The Bertz CT molecular complexity index is 1170. The molecule has 0 saturated heterocycles. The molecule has 0 fully saturated rings. The van der Waals surface area contributed by atoms with Crippen LogP contribution in [-0.2, 0) is 13.0 Å². The molecular weight excluding hydrogens is 416 g/mol. The molecule has 0 aromatic heterocycles. The third kappa shape index (κ3) is 4.54. The van der Waals surface area contributed by atoms with Crippen molar-refractivity contribution < 1.29 is 23.1 Å². The highest BCUT2D eigenvalue weighted by Crippen LogP contribution is 2.30. The van der Waals surface area contributed by atoms with E-state index in [-0.39, 0.29) is 18.1 Å². The molecule has 0 atom stereocenters. The van der Waals surface area contributed by atoms with E-state index in [1.54, 1.807) is 36.3 Å². The number of urea groups is 1. The van der Waals surface area contributed by atoms with Crippen LogP contribution in [0.15, 0.2) is 60.7 Å². The minimum absolute atomic E-state index is 0.115. The number of ether oxygens (including phenoxy) is 1. The van der Waals surface area contributed by atoms with Gasteiger partial charge in [-0.05, 0) is 60.0 Å². The molecule has 32 heavy (non-hydrogen) atoms. The van der Waals surface area contributed by atoms with Gasteiger partial charge in [-0.1, -0.05) is 12.1 Å². The van der Waals surface area contributed by atoms with Gasteiger partial charge in [0.1, 0.15) is 17.4 Å². The summed E-state index contributed by atoms with van der Waals surface area (Å²) in [4.78, 5) is 26.8. The van der Waals surface area contributed by atoms with Crippen LogP contribution >= 0.6 is 0 Å². The average molecular weight is 437 g/mol. The molecule has 0 radical (unpaired) electrons. The molecule has 1 aliphatic heterocycles. The van der Waals surface area contributed by atoms with E-state index in [0.717, 1.165) is 41.4 Å². The van der Waals surface area contributed by atoms with Crippen LogP contribution in [0.2, 0.25) is 0 Å². The molecule has 4 rings (SSSR count). The summed E-state index contributed by atoms with van der Waals surface area (Å²) in [5, 5.41) is 4.91. The predicted molar refractivity (Wildman–Crippen MR) is 117 cm³/mol. The molecule has 2 N–H and O–H groups in total. The monoisotopic (exact) mass is 437 g/mol. The lowest BCUT2D eigenvalue weighted by molar-refractivity contribution is 0.0989. The lowest BCUT2D eigenvalue weighted by atomic mass is 10.1. The van der Waals surface area contributed by atoms with E-state index in [0.29, 0.717) is 17.9 Å². The number of carbonyl (C=O) groups excluding carboxylic acids is 2. The standard InChI is InChI=1S/C24H21F2N3O3/c1-32-19-7-4-17(5-8-19)23(30)29-11-10-16-3-2-15(12-22(16)29)14-27-24(31)28-21-13-18(25)6-9-20(21)26/h2-9,12-13H,10-11,14H2,1H3,(H2,27,28,31). The van der Waals surface area contributed by atoms with Gasteiger partial charge in [0.05, 0.1) is 12.8 Å². The molecule has 0 aliphatic carbocycles. The minimum Gasteiger partial charge on any atom is -0.497 e. The second-order valence-electron chi connectivity index (χ2n) is 7.33. The Morgan fingerprint density at radius 3 is 2.56 bits per heavy atom. The van der Waals surface area contributed by atoms with Crippen LogP contribution in [0.5, 0.6) is 5.75 Å². The van der Waals surface area contributed by atoms with Gasteiger partial charge in [0.25, 0.3) is 5.91 Å². The summed E-state index contributed by atoms with van der Waals surface area (Å²) in [5.41, 5.74) is 2.92. The summed E-state index contributed by atoms with van der Waals surface area (Å²) < 4.78 is 32.1. The molecule has 3 amide bonds. The Morgan fingerprint density at radius 2 is 1.81 bits per heavy atom. The molecule has 0 bridgehead atoms. The van der Waals surface area contributed by atoms with Crippen molar-refractivity contribution in [3.63, 3.8) is 0 Å². The molecule has 3 aromatic carbocycles. The van der Waals surface area contributed by atoms with E-state index in [9.17, 15) is 18.4 Å². The van der Waals surface area contributed by atoms with Crippen molar-refractivity contribution >= 4 is 23.3 Å². The van der Waals surface area contributed by atoms with E-state index < -0.39 is 17.7 Å². The smallest absolute Gasteiger partial charge is 0.319 e. The number of fused-ring (bicyclic) bond motifs is 1. The maximum Gasteiger partial charge on any atom is 0.319 e. The zero-order valence-corrected chi connectivity index (χ0v) is 17.3. The number of halogens is 2. The molecule has 8 heteroatoms. The molecule has 1 heterocycles. The van der Waals surface area contributed by atoms with Gasteiger partial charge in [-0.25, -0.2) is 13.6 Å². The number of amides is 3. The van der Waals surface area contributed by atoms with Gasteiger partial charge in [-0.15, -0.1) is 0 Å². The van der Waals surface area contributed by atoms with Gasteiger partial charge in [0, 0.05) is 30.4 Å². The predicted octanol–water partition coefficient (Wildman–Crippen LogP) is 4.50. The fourth-order valence-electron chi connectivity index (χ4n) is 3.58. The fraction of sp³-hybridized carbons (Fsp3) is 0.167. The zero-order valence-electron chi connectivity index (χ0n) is 17.3. The van der Waals surface area contributed by atoms with Gasteiger partial charge in [-0.3, -0.25) is 4.79 Å². The molecule has 6 nitrogen and oxygen atoms in total. The number of nitrogens with one attached hydrogen (secondary N) is 2. The SMILES string of the molecule is COc1ccc(C(=O)N2CCc3ccc(CNC(=O)Nc4cc(F)ccc4F)cc32)cc1. The average Bonchev–Trinajstić information content (AvgIpc) is 3.23. The van der Waals surface area contributed by atoms with Crippen LogP contribution in [-0.4, -0.2) is 25.6 Å². The highest BCUT2D eigenvalue weighted by atomic mass is 19.1. The third-order valence-electron chi connectivity index (χ3n) is 5.26. The topological polar surface area (TPSA) is 70.7 Å². The Kier molecular flexibility index (Phi) is 6.02. The first-order valence-electron chi connectivity index (χ1n) is 10.0. The van der Waals surface area contributed by atoms with Crippen LogP contribution in [0.25, 0.3) is 0 Å². The van der Waals surface area contributed by atoms with E-state index in [4.69, 9.17) is 4.74 Å². The highest BCUT2D eigenvalue weighted by molar-refractivity contribution is 6.07. The summed E-state index contributed by atoms with van der Waals surface area (Å²) in [6.07, 6.45) is 0.740. The fourth-order valence-corrected chi connectivity index (χ4v) is 3.58. The molecule has 0 saturated carbocycles. The molecule has 3 aromatic rings. The molecule has 164 valence electrons. The van der Waals surface area contributed by atoms with Crippen molar-refractivity contribution in [3.05, 3.63) is 89.0 Å². The molecule has 0 unspecified atom stereocenters. The number of rotatable bonds is 5. The lowest BCUT2D eigenvalue weighted by Crippen LogP contribution is -2.30. The quantitative estimate of drug-likeness (QED) is 0.618.